The molecule has 70 heavy (non-hydrogen) atoms. The van der Waals surface area contributed by atoms with Crippen LogP contribution in [0.1, 0.15) is 54.4 Å². The molecular formula is C50H69ClF2N10O5Si2. The summed E-state index contributed by atoms with van der Waals surface area (Å²) >= 11 is 5.79. The molecule has 0 spiro atoms. The van der Waals surface area contributed by atoms with Crippen LogP contribution in [0.25, 0.3) is 0 Å². The van der Waals surface area contributed by atoms with Crippen LogP contribution in [-0.2, 0) is 0 Å². The summed E-state index contributed by atoms with van der Waals surface area (Å²) in [5, 5.41) is 9.63. The highest BCUT2D eigenvalue weighted by Crippen LogP contribution is 2.38. The molecule has 3 N–H and O–H groups in total. The fourth-order valence-corrected chi connectivity index (χ4v) is 8.53. The maximum absolute atomic E-state index is 13.1. The van der Waals surface area contributed by atoms with E-state index in [4.69, 9.17) is 25.2 Å². The number of hydrogen-bond donors (Lipinski definition) is 3. The van der Waals surface area contributed by atoms with E-state index in [0.717, 1.165) is 56.5 Å². The van der Waals surface area contributed by atoms with Gasteiger partial charge < -0.3 is 33.6 Å². The Kier molecular flexibility index (Phi) is 19.5. The number of nitrogens with zero attached hydrogens (tertiary/aromatic N) is 7. The van der Waals surface area contributed by atoms with Gasteiger partial charge in [0.05, 0.1) is 23.6 Å². The molecule has 4 aromatic heterocycles. The zero-order valence-electron chi connectivity index (χ0n) is 42.1. The lowest BCUT2D eigenvalue weighted by Crippen LogP contribution is -2.43. The van der Waals surface area contributed by atoms with Crippen LogP contribution in [0, 0.1) is 11.6 Å². The Morgan fingerprint density at radius 2 is 1.11 bits per heavy atom. The monoisotopic (exact) mass is 1020 g/mol. The van der Waals surface area contributed by atoms with Crippen molar-refractivity contribution in [3.05, 3.63) is 114 Å². The molecule has 0 saturated carbocycles. The number of pyridine rings is 4. The molecule has 378 valence electrons. The van der Waals surface area contributed by atoms with Crippen molar-refractivity contribution >= 4 is 63.6 Å². The molecule has 2 saturated heterocycles. The molecule has 0 aliphatic carbocycles. The van der Waals surface area contributed by atoms with Crippen molar-refractivity contribution in [1.82, 2.24) is 30.2 Å². The number of carbonyl (C=O) groups excluding carboxylic acids is 2. The van der Waals surface area contributed by atoms with Crippen LogP contribution < -0.4 is 39.3 Å². The summed E-state index contributed by atoms with van der Waals surface area (Å²) in [6.07, 6.45) is 7.44. The van der Waals surface area contributed by atoms with Crippen LogP contribution in [0.4, 0.5) is 41.6 Å². The van der Waals surface area contributed by atoms with Crippen LogP contribution in [0.5, 0.6) is 17.2 Å². The lowest BCUT2D eigenvalue weighted by atomic mass is 10.2. The SMILES string of the molecule is CC(C)(C)[Si](C)(C)Oc1ccc(NC(=O)N2CCCN(c3ccc(F)cn3)CC2)nc1.CC(C)(C)[Si](C)(C)Oc1ccc(NC(=O)Oc2ccc(F)cc2)nc1.Clc1ccc(N2CCCNCC2)nc1. The average molecular weight is 1020 g/mol. The maximum atomic E-state index is 13.1. The molecule has 0 atom stereocenters. The summed E-state index contributed by atoms with van der Waals surface area (Å²) in [4.78, 5) is 47.6. The topological polar surface area (TPSA) is 159 Å². The molecule has 1 aromatic carbocycles. The summed E-state index contributed by atoms with van der Waals surface area (Å²) in [7, 11) is -3.86. The zero-order chi connectivity index (χ0) is 51.1. The Bertz CT molecular complexity index is 2400. The third-order valence-corrected chi connectivity index (χ3v) is 21.5. The van der Waals surface area contributed by atoms with Gasteiger partial charge >= 0.3 is 12.1 Å². The van der Waals surface area contributed by atoms with Gasteiger partial charge in [-0.15, -0.1) is 0 Å². The summed E-state index contributed by atoms with van der Waals surface area (Å²) < 4.78 is 43.4. The van der Waals surface area contributed by atoms with Gasteiger partial charge in [0, 0.05) is 52.0 Å². The largest absolute Gasteiger partial charge is 0.542 e. The number of ether oxygens (including phenoxy) is 1. The van der Waals surface area contributed by atoms with Crippen molar-refractivity contribution in [2.45, 2.75) is 90.6 Å². The molecule has 2 aliphatic rings. The predicted octanol–water partition coefficient (Wildman–Crippen LogP) is 11.5. The van der Waals surface area contributed by atoms with Gasteiger partial charge in [-0.3, -0.25) is 10.6 Å². The fourth-order valence-electron chi connectivity index (χ4n) is 6.39. The molecular weight excluding hydrogens is 950 g/mol. The van der Waals surface area contributed by atoms with Gasteiger partial charge in [-0.25, -0.2) is 38.3 Å². The first-order chi connectivity index (χ1) is 33.0. The maximum Gasteiger partial charge on any atom is 0.418 e. The molecule has 5 aromatic rings. The minimum atomic E-state index is -1.93. The van der Waals surface area contributed by atoms with Gasteiger partial charge in [0.2, 0.25) is 0 Å². The number of benzene rings is 1. The second-order valence-electron chi connectivity index (χ2n) is 20.0. The van der Waals surface area contributed by atoms with Crippen LogP contribution in [-0.4, -0.2) is 106 Å². The Morgan fingerprint density at radius 1 is 0.586 bits per heavy atom. The number of aromatic nitrogens is 4. The standard InChI is InChI=1S/C22H32FN5O2Si.C18H23FN2O3Si.C10H14ClN3/c1-22(2,3)31(4,5)30-18-8-9-19(24-16-18)26-21(29)28-12-6-11-27(13-14-28)20-10-7-17(23)15-25-20;1-18(2,3)25(4,5)24-15-10-11-16(20-12-15)21-17(22)23-14-8-6-13(19)7-9-14;11-9-2-3-10(13-8-9)14-6-1-4-12-5-7-14/h7-10,15-16H,6,11-14H2,1-5H3,(H,24,26,29);6-12H,1-5H3,(H,20,21,22);2-3,8,12H,1,4-7H2. The third kappa shape index (κ3) is 17.2. The van der Waals surface area contributed by atoms with Gasteiger partial charge in [-0.2, -0.15) is 0 Å². The highest BCUT2D eigenvalue weighted by molar-refractivity contribution is 6.75. The minimum Gasteiger partial charge on any atom is -0.542 e. The molecule has 20 heteroatoms. The molecule has 15 nitrogen and oxygen atoms in total. The van der Waals surface area contributed by atoms with Gasteiger partial charge in [-0.1, -0.05) is 53.1 Å². The van der Waals surface area contributed by atoms with Crippen molar-refractivity contribution in [3.63, 3.8) is 0 Å². The van der Waals surface area contributed by atoms with E-state index in [0.29, 0.717) is 42.0 Å². The number of amides is 3. The van der Waals surface area contributed by atoms with Crippen LogP contribution in [0.2, 0.25) is 41.3 Å². The first-order valence-corrected chi connectivity index (χ1v) is 29.7. The van der Waals surface area contributed by atoms with E-state index in [1.807, 2.05) is 18.2 Å². The number of carbonyl (C=O) groups is 2. The summed E-state index contributed by atoms with van der Waals surface area (Å²) in [6, 6.07) is 19.0. The van der Waals surface area contributed by atoms with Crippen LogP contribution >= 0.6 is 11.6 Å². The van der Waals surface area contributed by atoms with E-state index >= 15 is 0 Å². The number of urea groups is 1. The second kappa shape index (κ2) is 24.8. The molecule has 6 heterocycles. The lowest BCUT2D eigenvalue weighted by molar-refractivity contribution is 0.214. The second-order valence-corrected chi connectivity index (χ2v) is 29.9. The Hall–Kier alpha value is -5.90. The number of rotatable bonds is 9. The van der Waals surface area contributed by atoms with Crippen LogP contribution in [0.3, 0.4) is 0 Å². The van der Waals surface area contributed by atoms with Gasteiger partial charge in [-0.05, 0) is 128 Å². The smallest absolute Gasteiger partial charge is 0.418 e. The summed E-state index contributed by atoms with van der Waals surface area (Å²) in [5.41, 5.74) is 0. The van der Waals surface area contributed by atoms with Crippen molar-refractivity contribution in [2.75, 3.05) is 72.8 Å². The highest BCUT2D eigenvalue weighted by Gasteiger charge is 2.40. The Morgan fingerprint density at radius 3 is 1.64 bits per heavy atom. The molecule has 0 unspecified atom stereocenters. The van der Waals surface area contributed by atoms with Gasteiger partial charge in [0.1, 0.15) is 52.2 Å². The molecule has 0 bridgehead atoms. The van der Waals surface area contributed by atoms with Crippen molar-refractivity contribution in [2.24, 2.45) is 0 Å². The van der Waals surface area contributed by atoms with Gasteiger partial charge in [0.25, 0.3) is 16.6 Å². The van der Waals surface area contributed by atoms with E-state index in [1.54, 1.807) is 47.8 Å². The van der Waals surface area contributed by atoms with Crippen molar-refractivity contribution in [1.29, 1.82) is 0 Å². The third-order valence-electron chi connectivity index (χ3n) is 12.5. The minimum absolute atomic E-state index is 0.0862. The van der Waals surface area contributed by atoms with Crippen molar-refractivity contribution < 1.29 is 32.0 Å². The number of anilines is 4. The average Bonchev–Trinajstić information content (AvgIpc) is 3.73. The number of nitrogens with one attached hydrogen (secondary N) is 3. The summed E-state index contributed by atoms with van der Waals surface area (Å²) in [5.74, 6) is 3.48. The molecule has 7 rings (SSSR count). The number of halogens is 3. The highest BCUT2D eigenvalue weighted by atomic mass is 35.5. The van der Waals surface area contributed by atoms with E-state index in [2.05, 4.69) is 113 Å². The normalized spacial score (nSPS) is 14.6. The first kappa shape index (κ1) is 55.0. The number of hydrogen-bond acceptors (Lipinski definition) is 12. The van der Waals surface area contributed by atoms with E-state index in [-0.39, 0.29) is 27.7 Å². The fraction of sp³-hybridized carbons (Fsp3) is 0.440. The molecule has 3 amide bonds. The lowest BCUT2D eigenvalue weighted by Gasteiger charge is -2.36. The molecule has 2 fully saturated rings. The van der Waals surface area contributed by atoms with Crippen LogP contribution in [0.15, 0.2) is 97.6 Å². The molecule has 0 radical (unpaired) electrons. The van der Waals surface area contributed by atoms with E-state index in [1.165, 1.54) is 42.9 Å². The Labute approximate surface area is 419 Å². The molecule has 2 aliphatic heterocycles. The van der Waals surface area contributed by atoms with Gasteiger partial charge in [0.15, 0.2) is 0 Å². The van der Waals surface area contributed by atoms with E-state index in [9.17, 15) is 18.4 Å². The predicted molar refractivity (Wildman–Crippen MR) is 281 cm³/mol. The Balaban J connectivity index is 0.000000209. The van der Waals surface area contributed by atoms with Crippen molar-refractivity contribution in [3.8, 4) is 17.2 Å². The quantitative estimate of drug-likeness (QED) is 0.120. The summed E-state index contributed by atoms with van der Waals surface area (Å²) in [6.45, 7) is 28.5. The zero-order valence-corrected chi connectivity index (χ0v) is 44.9. The van der Waals surface area contributed by atoms with E-state index < -0.39 is 28.5 Å². The first-order valence-electron chi connectivity index (χ1n) is 23.5.